The number of anilines is 1. The van der Waals surface area contributed by atoms with Gasteiger partial charge in [0.25, 0.3) is 0 Å². The van der Waals surface area contributed by atoms with Gasteiger partial charge in [-0.15, -0.1) is 0 Å². The van der Waals surface area contributed by atoms with E-state index in [1.807, 2.05) is 35.2 Å². The van der Waals surface area contributed by atoms with Crippen LogP contribution in [0.1, 0.15) is 25.7 Å². The van der Waals surface area contributed by atoms with Gasteiger partial charge >= 0.3 is 0 Å². The molecule has 0 radical (unpaired) electrons. The molecule has 3 nitrogen and oxygen atoms in total. The number of likely N-dealkylation sites (tertiary alicyclic amines) is 1. The molecule has 1 fully saturated rings. The number of rotatable bonds is 5. The van der Waals surface area contributed by atoms with E-state index in [1.165, 1.54) is 12.8 Å². The van der Waals surface area contributed by atoms with E-state index in [0.29, 0.717) is 12.3 Å². The molecule has 1 heterocycles. The number of hydrogen-bond acceptors (Lipinski definition) is 2. The van der Waals surface area contributed by atoms with E-state index >= 15 is 0 Å². The summed E-state index contributed by atoms with van der Waals surface area (Å²) in [6, 6.07) is 10.1. The third kappa shape index (κ3) is 3.77. The van der Waals surface area contributed by atoms with Crippen molar-refractivity contribution in [2.45, 2.75) is 25.7 Å². The van der Waals surface area contributed by atoms with Gasteiger partial charge in [0.1, 0.15) is 0 Å². The van der Waals surface area contributed by atoms with Crippen molar-refractivity contribution in [2.75, 3.05) is 25.0 Å². The third-order valence-electron chi connectivity index (χ3n) is 3.13. The molecule has 1 amide bonds. The summed E-state index contributed by atoms with van der Waals surface area (Å²) in [6.07, 6.45) is 3.92. The topological polar surface area (TPSA) is 32.3 Å². The molecule has 0 aromatic heterocycles. The lowest BCUT2D eigenvalue weighted by Crippen LogP contribution is -2.27. The predicted molar refractivity (Wildman–Crippen MR) is 70.0 cm³/mol. The van der Waals surface area contributed by atoms with E-state index in [-0.39, 0.29) is 0 Å². The van der Waals surface area contributed by atoms with Crippen LogP contribution in [0.3, 0.4) is 0 Å². The summed E-state index contributed by atoms with van der Waals surface area (Å²) in [7, 11) is 0. The Morgan fingerprint density at radius 1 is 1.18 bits per heavy atom. The van der Waals surface area contributed by atoms with Gasteiger partial charge in [0.05, 0.1) is 0 Å². The minimum absolute atomic E-state index is 0.317. The number of nitrogens with one attached hydrogen (secondary N) is 1. The van der Waals surface area contributed by atoms with Crippen LogP contribution in [0.5, 0.6) is 0 Å². The van der Waals surface area contributed by atoms with E-state index in [1.54, 1.807) is 0 Å². The number of carbonyl (C=O) groups excluding carboxylic acids is 1. The molecule has 0 aliphatic carbocycles. The second kappa shape index (κ2) is 6.28. The van der Waals surface area contributed by atoms with Gasteiger partial charge in [-0.2, -0.15) is 0 Å². The average molecular weight is 232 g/mol. The smallest absolute Gasteiger partial charge is 0.222 e. The van der Waals surface area contributed by atoms with Crippen molar-refractivity contribution < 1.29 is 4.79 Å². The Kier molecular flexibility index (Phi) is 4.42. The SMILES string of the molecule is O=C(CCCNc1ccccc1)N1CCCC1. The highest BCUT2D eigenvalue weighted by molar-refractivity contribution is 5.76. The zero-order chi connectivity index (χ0) is 11.9. The lowest BCUT2D eigenvalue weighted by atomic mass is 10.2. The Labute approximate surface area is 103 Å². The molecule has 2 rings (SSSR count). The molecule has 0 saturated carbocycles. The molecular weight excluding hydrogens is 212 g/mol. The number of benzene rings is 1. The minimum atomic E-state index is 0.317. The molecule has 1 N–H and O–H groups in total. The van der Waals surface area contributed by atoms with E-state index in [0.717, 1.165) is 31.7 Å². The summed E-state index contributed by atoms with van der Waals surface area (Å²) in [4.78, 5) is 13.7. The largest absolute Gasteiger partial charge is 0.385 e. The van der Waals surface area contributed by atoms with Gasteiger partial charge in [-0.25, -0.2) is 0 Å². The van der Waals surface area contributed by atoms with Crippen LogP contribution in [0.15, 0.2) is 30.3 Å². The van der Waals surface area contributed by atoms with Crippen LogP contribution in [0.2, 0.25) is 0 Å². The van der Waals surface area contributed by atoms with Gasteiger partial charge in [-0.05, 0) is 31.4 Å². The zero-order valence-corrected chi connectivity index (χ0v) is 10.2. The molecule has 1 saturated heterocycles. The maximum atomic E-state index is 11.8. The molecule has 1 aromatic carbocycles. The first-order chi connectivity index (χ1) is 8.36. The van der Waals surface area contributed by atoms with Crippen molar-refractivity contribution >= 4 is 11.6 Å². The van der Waals surface area contributed by atoms with Crippen molar-refractivity contribution in [3.05, 3.63) is 30.3 Å². The number of hydrogen-bond donors (Lipinski definition) is 1. The molecule has 3 heteroatoms. The fourth-order valence-corrected chi connectivity index (χ4v) is 2.15. The maximum absolute atomic E-state index is 11.8. The van der Waals surface area contributed by atoms with Gasteiger partial charge in [-0.3, -0.25) is 4.79 Å². The van der Waals surface area contributed by atoms with Crippen LogP contribution in [0, 0.1) is 0 Å². The highest BCUT2D eigenvalue weighted by Crippen LogP contribution is 2.10. The summed E-state index contributed by atoms with van der Waals surface area (Å²) in [5, 5.41) is 3.32. The van der Waals surface area contributed by atoms with Crippen LogP contribution in [-0.4, -0.2) is 30.4 Å². The number of para-hydroxylation sites is 1. The molecule has 0 bridgehead atoms. The second-order valence-electron chi connectivity index (χ2n) is 4.48. The van der Waals surface area contributed by atoms with Gasteiger partial charge in [0.2, 0.25) is 5.91 Å². The van der Waals surface area contributed by atoms with Crippen molar-refractivity contribution in [3.8, 4) is 0 Å². The molecular formula is C14H20N2O. The zero-order valence-electron chi connectivity index (χ0n) is 10.2. The molecule has 0 spiro atoms. The highest BCUT2D eigenvalue weighted by atomic mass is 16.2. The first kappa shape index (κ1) is 12.0. The molecule has 0 unspecified atom stereocenters. The lowest BCUT2D eigenvalue weighted by molar-refractivity contribution is -0.130. The molecule has 0 atom stereocenters. The average Bonchev–Trinajstić information content (AvgIpc) is 2.89. The van der Waals surface area contributed by atoms with Crippen LogP contribution in [-0.2, 0) is 4.79 Å². The minimum Gasteiger partial charge on any atom is -0.385 e. The fourth-order valence-electron chi connectivity index (χ4n) is 2.15. The summed E-state index contributed by atoms with van der Waals surface area (Å²) >= 11 is 0. The molecule has 1 aliphatic heterocycles. The van der Waals surface area contributed by atoms with Crippen molar-refractivity contribution in [1.29, 1.82) is 0 Å². The summed E-state index contributed by atoms with van der Waals surface area (Å²) in [5.74, 6) is 0.317. The van der Waals surface area contributed by atoms with E-state index < -0.39 is 0 Å². The van der Waals surface area contributed by atoms with Crippen LogP contribution >= 0.6 is 0 Å². The highest BCUT2D eigenvalue weighted by Gasteiger charge is 2.16. The fraction of sp³-hybridized carbons (Fsp3) is 0.500. The van der Waals surface area contributed by atoms with Gasteiger partial charge in [0.15, 0.2) is 0 Å². The van der Waals surface area contributed by atoms with E-state index in [2.05, 4.69) is 5.32 Å². The summed E-state index contributed by atoms with van der Waals surface area (Å²) in [5.41, 5.74) is 1.13. The quantitative estimate of drug-likeness (QED) is 0.791. The first-order valence-corrected chi connectivity index (χ1v) is 6.43. The summed E-state index contributed by atoms with van der Waals surface area (Å²) < 4.78 is 0. The Morgan fingerprint density at radius 3 is 2.59 bits per heavy atom. The van der Waals surface area contributed by atoms with Crippen molar-refractivity contribution in [3.63, 3.8) is 0 Å². The molecule has 1 aromatic rings. The Balaban J connectivity index is 1.61. The standard InChI is InChI=1S/C14H20N2O/c17-14(16-11-4-5-12-16)9-6-10-15-13-7-2-1-3-8-13/h1-3,7-8,15H,4-6,9-12H2. The Morgan fingerprint density at radius 2 is 1.88 bits per heavy atom. The van der Waals surface area contributed by atoms with Gasteiger partial charge in [0, 0.05) is 31.7 Å². The molecule has 17 heavy (non-hydrogen) atoms. The number of carbonyl (C=O) groups is 1. The molecule has 92 valence electrons. The third-order valence-corrected chi connectivity index (χ3v) is 3.13. The second-order valence-corrected chi connectivity index (χ2v) is 4.48. The van der Waals surface area contributed by atoms with Gasteiger partial charge in [-0.1, -0.05) is 18.2 Å². The van der Waals surface area contributed by atoms with Crippen LogP contribution < -0.4 is 5.32 Å². The first-order valence-electron chi connectivity index (χ1n) is 6.43. The van der Waals surface area contributed by atoms with E-state index in [4.69, 9.17) is 0 Å². The van der Waals surface area contributed by atoms with Gasteiger partial charge < -0.3 is 10.2 Å². The summed E-state index contributed by atoms with van der Waals surface area (Å²) in [6.45, 7) is 2.79. The lowest BCUT2D eigenvalue weighted by Gasteiger charge is -2.15. The van der Waals surface area contributed by atoms with Crippen LogP contribution in [0.4, 0.5) is 5.69 Å². The van der Waals surface area contributed by atoms with Crippen molar-refractivity contribution in [2.24, 2.45) is 0 Å². The van der Waals surface area contributed by atoms with E-state index in [9.17, 15) is 4.79 Å². The Hall–Kier alpha value is -1.51. The number of nitrogens with zero attached hydrogens (tertiary/aromatic N) is 1. The van der Waals surface area contributed by atoms with Crippen LogP contribution in [0.25, 0.3) is 0 Å². The monoisotopic (exact) mass is 232 g/mol. The molecule has 1 aliphatic rings. The maximum Gasteiger partial charge on any atom is 0.222 e. The van der Waals surface area contributed by atoms with Crippen molar-refractivity contribution in [1.82, 2.24) is 4.90 Å². The predicted octanol–water partition coefficient (Wildman–Crippen LogP) is 2.50. The Bertz CT molecular complexity index is 344. The number of amides is 1. The normalized spacial score (nSPS) is 14.9.